The van der Waals surface area contributed by atoms with Crippen molar-refractivity contribution < 1.29 is 18.3 Å². The number of carbonyl (C=O) groups is 1. The average Bonchev–Trinajstić information content (AvgIpc) is 2.43. The minimum atomic E-state index is -1.06. The maximum atomic E-state index is 13.5. The summed E-state index contributed by atoms with van der Waals surface area (Å²) in [5.41, 5.74) is -0.0681. The second-order valence-corrected chi connectivity index (χ2v) is 4.38. The summed E-state index contributed by atoms with van der Waals surface area (Å²) in [6, 6.07) is 4.97. The molecule has 21 heavy (non-hydrogen) atoms. The van der Waals surface area contributed by atoms with E-state index in [4.69, 9.17) is 16.3 Å². The SMILES string of the molecule is COc1cc(Cl)nc(NC(=O)Cc2cccc(F)c2F)n1. The van der Waals surface area contributed by atoms with Gasteiger partial charge in [-0.25, -0.2) is 13.8 Å². The lowest BCUT2D eigenvalue weighted by molar-refractivity contribution is -0.115. The Morgan fingerprint density at radius 1 is 1.38 bits per heavy atom. The minimum absolute atomic E-state index is 0.0681. The Morgan fingerprint density at radius 2 is 2.14 bits per heavy atom. The fraction of sp³-hybridized carbons (Fsp3) is 0.154. The van der Waals surface area contributed by atoms with Crippen LogP contribution in [0.1, 0.15) is 5.56 Å². The van der Waals surface area contributed by atoms with Crippen LogP contribution in [0.2, 0.25) is 5.15 Å². The van der Waals surface area contributed by atoms with Gasteiger partial charge in [0.25, 0.3) is 0 Å². The van der Waals surface area contributed by atoms with Gasteiger partial charge in [-0.2, -0.15) is 4.98 Å². The number of amides is 1. The van der Waals surface area contributed by atoms with E-state index in [2.05, 4.69) is 15.3 Å². The summed E-state index contributed by atoms with van der Waals surface area (Å²) in [5, 5.41) is 2.42. The lowest BCUT2D eigenvalue weighted by Gasteiger charge is -2.07. The molecule has 1 N–H and O–H groups in total. The molecule has 5 nitrogen and oxygen atoms in total. The van der Waals surface area contributed by atoms with E-state index in [1.54, 1.807) is 0 Å². The van der Waals surface area contributed by atoms with Crippen molar-refractivity contribution in [1.29, 1.82) is 0 Å². The standard InChI is InChI=1S/C13H10ClF2N3O2/c1-21-11-6-9(14)17-13(19-11)18-10(20)5-7-3-2-4-8(15)12(7)16/h2-4,6H,5H2,1H3,(H,17,18,19,20). The number of nitrogens with one attached hydrogen (secondary N) is 1. The number of anilines is 1. The van der Waals surface area contributed by atoms with E-state index in [-0.39, 0.29) is 29.0 Å². The molecule has 2 aromatic rings. The minimum Gasteiger partial charge on any atom is -0.481 e. The summed E-state index contributed by atoms with van der Waals surface area (Å²) in [6.07, 6.45) is -0.359. The van der Waals surface area contributed by atoms with Gasteiger partial charge in [-0.3, -0.25) is 10.1 Å². The number of rotatable bonds is 4. The van der Waals surface area contributed by atoms with Crippen molar-refractivity contribution in [1.82, 2.24) is 9.97 Å². The lowest BCUT2D eigenvalue weighted by Crippen LogP contribution is -2.17. The summed E-state index contributed by atoms with van der Waals surface area (Å²) >= 11 is 5.73. The van der Waals surface area contributed by atoms with Gasteiger partial charge in [-0.15, -0.1) is 0 Å². The molecule has 2 rings (SSSR count). The van der Waals surface area contributed by atoms with E-state index in [0.29, 0.717) is 0 Å². The molecule has 0 saturated heterocycles. The first-order valence-electron chi connectivity index (χ1n) is 5.81. The Kier molecular flexibility index (Phi) is 4.64. The van der Waals surface area contributed by atoms with Crippen LogP contribution in [0.15, 0.2) is 24.3 Å². The summed E-state index contributed by atoms with van der Waals surface area (Å²) in [6.45, 7) is 0. The second-order valence-electron chi connectivity index (χ2n) is 3.99. The highest BCUT2D eigenvalue weighted by Crippen LogP contribution is 2.16. The van der Waals surface area contributed by atoms with Crippen LogP contribution >= 0.6 is 11.6 Å². The van der Waals surface area contributed by atoms with Crippen molar-refractivity contribution in [2.24, 2.45) is 0 Å². The molecule has 0 fully saturated rings. The molecule has 0 saturated carbocycles. The fourth-order valence-electron chi connectivity index (χ4n) is 1.58. The van der Waals surface area contributed by atoms with E-state index in [1.807, 2.05) is 0 Å². The van der Waals surface area contributed by atoms with Crippen LogP contribution in [0, 0.1) is 11.6 Å². The molecule has 1 aromatic heterocycles. The summed E-state index contributed by atoms with van der Waals surface area (Å²) < 4.78 is 31.4. The molecule has 0 aliphatic carbocycles. The van der Waals surface area contributed by atoms with Gasteiger partial charge in [-0.05, 0) is 6.07 Å². The Labute approximate surface area is 123 Å². The number of hydrogen-bond donors (Lipinski definition) is 1. The van der Waals surface area contributed by atoms with Crippen LogP contribution in [0.25, 0.3) is 0 Å². The highest BCUT2D eigenvalue weighted by atomic mass is 35.5. The van der Waals surface area contributed by atoms with Crippen LogP contribution in [0.5, 0.6) is 5.88 Å². The van der Waals surface area contributed by atoms with Crippen molar-refractivity contribution in [3.63, 3.8) is 0 Å². The van der Waals surface area contributed by atoms with Crippen molar-refractivity contribution in [3.05, 3.63) is 46.6 Å². The van der Waals surface area contributed by atoms with Gasteiger partial charge < -0.3 is 4.74 Å². The zero-order valence-corrected chi connectivity index (χ0v) is 11.6. The van der Waals surface area contributed by atoms with Crippen LogP contribution in [0.4, 0.5) is 14.7 Å². The summed E-state index contributed by atoms with van der Waals surface area (Å²) in [4.78, 5) is 19.4. The molecule has 0 spiro atoms. The molecule has 0 aliphatic rings. The van der Waals surface area contributed by atoms with Gasteiger partial charge in [0.15, 0.2) is 11.6 Å². The van der Waals surface area contributed by atoms with E-state index >= 15 is 0 Å². The quantitative estimate of drug-likeness (QED) is 0.881. The van der Waals surface area contributed by atoms with Gasteiger partial charge in [0.05, 0.1) is 13.5 Å². The second kappa shape index (κ2) is 6.45. The number of nitrogens with zero attached hydrogens (tertiary/aromatic N) is 2. The van der Waals surface area contributed by atoms with Crippen molar-refractivity contribution in [2.45, 2.75) is 6.42 Å². The molecule has 0 atom stereocenters. The third-order valence-electron chi connectivity index (χ3n) is 2.51. The molecule has 0 bridgehead atoms. The predicted octanol–water partition coefficient (Wildman–Crippen LogP) is 2.60. The van der Waals surface area contributed by atoms with Crippen molar-refractivity contribution >= 4 is 23.5 Å². The molecule has 1 amide bonds. The van der Waals surface area contributed by atoms with E-state index in [0.717, 1.165) is 6.07 Å². The molecule has 1 aromatic carbocycles. The third kappa shape index (κ3) is 3.85. The molecule has 8 heteroatoms. The van der Waals surface area contributed by atoms with Gasteiger partial charge in [0.1, 0.15) is 5.15 Å². The van der Waals surface area contributed by atoms with Gasteiger partial charge in [-0.1, -0.05) is 23.7 Å². The molecular weight excluding hydrogens is 304 g/mol. The van der Waals surface area contributed by atoms with Crippen molar-refractivity contribution in [2.75, 3.05) is 12.4 Å². The average molecular weight is 314 g/mol. The fourth-order valence-corrected chi connectivity index (χ4v) is 1.76. The zero-order chi connectivity index (χ0) is 15.4. The topological polar surface area (TPSA) is 64.1 Å². The molecule has 0 unspecified atom stereocenters. The Morgan fingerprint density at radius 3 is 2.86 bits per heavy atom. The largest absolute Gasteiger partial charge is 0.481 e. The molecule has 110 valence electrons. The number of halogens is 3. The van der Waals surface area contributed by atoms with Crippen LogP contribution in [-0.2, 0) is 11.2 Å². The number of benzene rings is 1. The molecule has 1 heterocycles. The van der Waals surface area contributed by atoms with E-state index in [1.165, 1.54) is 25.3 Å². The molecular formula is C13H10ClF2N3O2. The Bertz CT molecular complexity index is 682. The Hall–Kier alpha value is -2.28. The number of carbonyl (C=O) groups excluding carboxylic acids is 1. The van der Waals surface area contributed by atoms with Crippen molar-refractivity contribution in [3.8, 4) is 5.88 Å². The van der Waals surface area contributed by atoms with Gasteiger partial charge in [0.2, 0.25) is 17.7 Å². The first-order valence-corrected chi connectivity index (χ1v) is 6.18. The first-order chi connectivity index (χ1) is 9.99. The zero-order valence-electron chi connectivity index (χ0n) is 10.9. The highest BCUT2D eigenvalue weighted by molar-refractivity contribution is 6.29. The maximum Gasteiger partial charge on any atom is 0.234 e. The Balaban J connectivity index is 2.11. The van der Waals surface area contributed by atoms with Crippen LogP contribution < -0.4 is 10.1 Å². The van der Waals surface area contributed by atoms with Gasteiger partial charge >= 0.3 is 0 Å². The lowest BCUT2D eigenvalue weighted by atomic mass is 10.1. The number of aromatic nitrogens is 2. The maximum absolute atomic E-state index is 13.5. The number of methoxy groups -OCH3 is 1. The van der Waals surface area contributed by atoms with Crippen LogP contribution in [-0.4, -0.2) is 23.0 Å². The third-order valence-corrected chi connectivity index (χ3v) is 2.71. The van der Waals surface area contributed by atoms with E-state index in [9.17, 15) is 13.6 Å². The summed E-state index contributed by atoms with van der Waals surface area (Å²) in [7, 11) is 1.38. The highest BCUT2D eigenvalue weighted by Gasteiger charge is 2.13. The number of ether oxygens (including phenoxy) is 1. The smallest absolute Gasteiger partial charge is 0.234 e. The molecule has 0 radical (unpaired) electrons. The molecule has 0 aliphatic heterocycles. The van der Waals surface area contributed by atoms with E-state index < -0.39 is 17.5 Å². The normalized spacial score (nSPS) is 10.3. The van der Waals surface area contributed by atoms with Gasteiger partial charge in [0, 0.05) is 11.6 Å². The first kappa shape index (κ1) is 15.1. The summed E-state index contributed by atoms with van der Waals surface area (Å²) in [5.74, 6) is -2.59. The number of hydrogen-bond acceptors (Lipinski definition) is 4. The monoisotopic (exact) mass is 313 g/mol. The van der Waals surface area contributed by atoms with Crippen LogP contribution in [0.3, 0.4) is 0 Å². The predicted molar refractivity (Wildman–Crippen MR) is 72.3 cm³/mol.